The van der Waals surface area contributed by atoms with E-state index in [9.17, 15) is 22.6 Å². The van der Waals surface area contributed by atoms with Gasteiger partial charge >= 0.3 is 35.6 Å². The molecule has 1 atom stereocenters. The Morgan fingerprint density at radius 3 is 2.65 bits per heavy atom. The van der Waals surface area contributed by atoms with Gasteiger partial charge in [0.25, 0.3) is 5.56 Å². The largest absolute Gasteiger partial charge is 1.00 e. The molecule has 118 valence electrons. The summed E-state index contributed by atoms with van der Waals surface area (Å²) in [4.78, 5) is 24.7. The van der Waals surface area contributed by atoms with Crippen LogP contribution in [0.1, 0.15) is 5.69 Å². The fourth-order valence-electron chi connectivity index (χ4n) is 2.47. The van der Waals surface area contributed by atoms with Gasteiger partial charge in [0.15, 0.2) is 0 Å². The molecule has 3 heterocycles. The molecule has 0 saturated carbocycles. The van der Waals surface area contributed by atoms with Crippen molar-refractivity contribution < 1.29 is 51.6 Å². The molecule has 0 spiro atoms. The number of hydrogen-bond donors (Lipinski definition) is 0. The van der Waals surface area contributed by atoms with Crippen LogP contribution in [0.5, 0.6) is 0 Å². The van der Waals surface area contributed by atoms with Crippen LogP contribution in [0.25, 0.3) is 5.57 Å². The Bertz CT molecular complexity index is 835. The van der Waals surface area contributed by atoms with Gasteiger partial charge in [0.1, 0.15) is 6.04 Å². The Balaban J connectivity index is 0.00000192. The summed E-state index contributed by atoms with van der Waals surface area (Å²) < 4.78 is 37.7. The first-order chi connectivity index (χ1) is 10.3. The van der Waals surface area contributed by atoms with Gasteiger partial charge < -0.3 is 9.45 Å². The van der Waals surface area contributed by atoms with Gasteiger partial charge in [-0.05, 0) is 6.07 Å². The Morgan fingerprint density at radius 1 is 1.35 bits per heavy atom. The molecular formula is C11H11N4NaO6S. The summed E-state index contributed by atoms with van der Waals surface area (Å²) in [5.41, 5.74) is 0.610. The summed E-state index contributed by atoms with van der Waals surface area (Å²) in [6.07, 6.45) is 1.68. The first-order valence-corrected chi connectivity index (χ1v) is 7.58. The van der Waals surface area contributed by atoms with Crippen molar-refractivity contribution in [1.29, 1.82) is 0 Å². The van der Waals surface area contributed by atoms with Crippen molar-refractivity contribution >= 4 is 22.0 Å². The second kappa shape index (κ2) is 6.34. The molecule has 1 fully saturated rings. The van der Waals surface area contributed by atoms with E-state index in [0.29, 0.717) is 16.3 Å². The molecule has 2 bridgehead atoms. The van der Waals surface area contributed by atoms with Gasteiger partial charge in [-0.15, -0.1) is 0 Å². The molecule has 10 nitrogen and oxygen atoms in total. The maximum Gasteiger partial charge on any atom is 1.00 e. The molecule has 0 aliphatic carbocycles. The van der Waals surface area contributed by atoms with Gasteiger partial charge in [0.2, 0.25) is 10.4 Å². The summed E-state index contributed by atoms with van der Waals surface area (Å²) in [6.45, 7) is 0.401. The molecule has 3 rings (SSSR count). The van der Waals surface area contributed by atoms with Crippen molar-refractivity contribution in [3.8, 4) is 0 Å². The van der Waals surface area contributed by atoms with Crippen LogP contribution in [0.3, 0.4) is 0 Å². The normalized spacial score (nSPS) is 20.3. The van der Waals surface area contributed by atoms with Crippen molar-refractivity contribution in [3.63, 3.8) is 0 Å². The molecule has 1 unspecified atom stereocenters. The summed E-state index contributed by atoms with van der Waals surface area (Å²) in [6, 6.07) is 1.29. The van der Waals surface area contributed by atoms with Gasteiger partial charge in [0.05, 0.1) is 12.2 Å². The van der Waals surface area contributed by atoms with E-state index in [-0.39, 0.29) is 48.2 Å². The number of amides is 2. The molecule has 1 aromatic rings. The molecule has 23 heavy (non-hydrogen) atoms. The Labute approximate surface area is 153 Å². The van der Waals surface area contributed by atoms with E-state index >= 15 is 0 Å². The number of aromatic nitrogens is 2. The summed E-state index contributed by atoms with van der Waals surface area (Å²) in [5, 5.41) is 4.60. The number of carbonyl (C=O) groups is 1. The quantitative estimate of drug-likeness (QED) is 0.307. The average molecular weight is 350 g/mol. The SMILES string of the molecule is Cn1nc(C2=CCN3CC2N(OS(=O)(=O)[O-])C3=O)ccc1=O.[Na+]. The van der Waals surface area contributed by atoms with Crippen LogP contribution in [0.4, 0.5) is 4.79 Å². The Hall–Kier alpha value is -1.24. The van der Waals surface area contributed by atoms with Crippen LogP contribution >= 0.6 is 0 Å². The predicted molar refractivity (Wildman–Crippen MR) is 70.8 cm³/mol. The third-order valence-electron chi connectivity index (χ3n) is 3.45. The molecule has 2 aliphatic rings. The standard InChI is InChI=1S/C11H12N4O6S.Na/c1-13-10(16)3-2-8(12-13)7-4-5-14-6-9(7)15(11(14)17)21-22(18,19)20;/h2-4,9H,5-6H2,1H3,(H,18,19,20);/q;+1/p-1. The molecule has 1 saturated heterocycles. The second-order valence-electron chi connectivity index (χ2n) is 4.85. The van der Waals surface area contributed by atoms with E-state index < -0.39 is 22.5 Å². The molecule has 0 aromatic carbocycles. The summed E-state index contributed by atoms with van der Waals surface area (Å²) >= 11 is 0. The molecule has 1 aromatic heterocycles. The van der Waals surface area contributed by atoms with Gasteiger partial charge in [-0.1, -0.05) is 6.08 Å². The summed E-state index contributed by atoms with van der Waals surface area (Å²) in [7, 11) is -3.60. The van der Waals surface area contributed by atoms with Crippen molar-refractivity contribution in [2.24, 2.45) is 7.05 Å². The van der Waals surface area contributed by atoms with Crippen molar-refractivity contribution in [3.05, 3.63) is 34.3 Å². The fraction of sp³-hybridized carbons (Fsp3) is 0.364. The van der Waals surface area contributed by atoms with Gasteiger partial charge in [-0.2, -0.15) is 14.4 Å². The number of nitrogens with zero attached hydrogens (tertiary/aromatic N) is 4. The van der Waals surface area contributed by atoms with Gasteiger partial charge in [-0.3, -0.25) is 4.79 Å². The number of hydroxylamine groups is 2. The minimum Gasteiger partial charge on any atom is -0.724 e. The first-order valence-electron chi connectivity index (χ1n) is 6.24. The zero-order chi connectivity index (χ0) is 16.1. The minimum atomic E-state index is -5.07. The third kappa shape index (κ3) is 3.49. The van der Waals surface area contributed by atoms with Crippen molar-refractivity contribution in [2.75, 3.05) is 13.1 Å². The molecular weight excluding hydrogens is 339 g/mol. The van der Waals surface area contributed by atoms with E-state index in [2.05, 4.69) is 9.38 Å². The Morgan fingerprint density at radius 2 is 2.04 bits per heavy atom. The topological polar surface area (TPSA) is 125 Å². The second-order valence-corrected chi connectivity index (χ2v) is 5.82. The van der Waals surface area contributed by atoms with E-state index in [0.717, 1.165) is 4.68 Å². The van der Waals surface area contributed by atoms with Crippen LogP contribution in [0.15, 0.2) is 23.0 Å². The molecule has 0 N–H and O–H groups in total. The number of rotatable bonds is 3. The zero-order valence-corrected chi connectivity index (χ0v) is 15.2. The summed E-state index contributed by atoms with van der Waals surface area (Å²) in [5.74, 6) is 0. The number of hydrogen-bond acceptors (Lipinski definition) is 7. The molecule has 2 aliphatic heterocycles. The van der Waals surface area contributed by atoms with E-state index in [1.165, 1.54) is 24.1 Å². The van der Waals surface area contributed by atoms with E-state index in [1.807, 2.05) is 0 Å². The fourth-order valence-corrected chi connectivity index (χ4v) is 2.83. The number of fused-ring (bicyclic) bond motifs is 2. The zero-order valence-electron chi connectivity index (χ0n) is 12.4. The Kier molecular flexibility index (Phi) is 4.99. The van der Waals surface area contributed by atoms with Crippen LogP contribution in [-0.2, 0) is 21.7 Å². The molecule has 12 heteroatoms. The smallest absolute Gasteiger partial charge is 0.724 e. The van der Waals surface area contributed by atoms with Crippen molar-refractivity contribution in [1.82, 2.24) is 19.7 Å². The van der Waals surface area contributed by atoms with E-state index in [4.69, 9.17) is 0 Å². The van der Waals surface area contributed by atoms with Crippen LogP contribution in [-0.4, -0.2) is 57.9 Å². The molecule has 2 amide bonds. The van der Waals surface area contributed by atoms with Crippen LogP contribution in [0, 0.1) is 0 Å². The maximum absolute atomic E-state index is 12.0. The van der Waals surface area contributed by atoms with Crippen molar-refractivity contribution in [2.45, 2.75) is 6.04 Å². The average Bonchev–Trinajstić information content (AvgIpc) is 2.66. The number of carbonyl (C=O) groups excluding carboxylic acids is 1. The third-order valence-corrected chi connectivity index (χ3v) is 3.80. The monoisotopic (exact) mass is 350 g/mol. The van der Waals surface area contributed by atoms with Gasteiger partial charge in [0, 0.05) is 25.2 Å². The first kappa shape index (κ1) is 18.1. The van der Waals surface area contributed by atoms with E-state index in [1.54, 1.807) is 6.08 Å². The number of aryl methyl sites for hydroxylation is 1. The van der Waals surface area contributed by atoms with Crippen LogP contribution in [0.2, 0.25) is 0 Å². The maximum atomic E-state index is 12.0. The van der Waals surface area contributed by atoms with Crippen LogP contribution < -0.4 is 35.1 Å². The minimum absolute atomic E-state index is 0. The number of urea groups is 1. The predicted octanol–water partition coefficient (Wildman–Crippen LogP) is -4.32. The molecule has 0 radical (unpaired) electrons. The van der Waals surface area contributed by atoms with Gasteiger partial charge in [-0.25, -0.2) is 17.9 Å².